The molecule has 0 aliphatic carbocycles. The maximum Gasteiger partial charge on any atom is 0.254 e. The van der Waals surface area contributed by atoms with Crippen LogP contribution in [-0.4, -0.2) is 29.3 Å². The van der Waals surface area contributed by atoms with Gasteiger partial charge in [-0.3, -0.25) is 9.63 Å². The summed E-state index contributed by atoms with van der Waals surface area (Å²) >= 11 is 6.03. The van der Waals surface area contributed by atoms with Gasteiger partial charge in [-0.2, -0.15) is 0 Å². The van der Waals surface area contributed by atoms with Crippen molar-refractivity contribution in [3.8, 4) is 0 Å². The molecule has 2 rings (SSSR count). The van der Waals surface area contributed by atoms with E-state index in [0.29, 0.717) is 18.2 Å². The van der Waals surface area contributed by atoms with E-state index in [1.165, 1.54) is 5.06 Å². The highest BCUT2D eigenvalue weighted by molar-refractivity contribution is 6.31. The van der Waals surface area contributed by atoms with Crippen LogP contribution in [-0.2, 0) is 16.2 Å². The Balaban J connectivity index is 0.000000550. The first kappa shape index (κ1) is 16.0. The Bertz CT molecular complexity index is 434. The summed E-state index contributed by atoms with van der Waals surface area (Å²) in [5.41, 5.74) is 0.469. The van der Waals surface area contributed by atoms with Gasteiger partial charge in [0.05, 0.1) is 18.6 Å². The fourth-order valence-corrected chi connectivity index (χ4v) is 1.79. The minimum Gasteiger partial charge on any atom is -0.397 e. The molecule has 1 aromatic carbocycles. The summed E-state index contributed by atoms with van der Waals surface area (Å²) in [6.07, 6.45) is 0. The first-order valence-corrected chi connectivity index (χ1v) is 6.59. The van der Waals surface area contributed by atoms with Gasteiger partial charge in [0.25, 0.3) is 5.91 Å². The summed E-state index contributed by atoms with van der Waals surface area (Å²) in [7, 11) is 0. The van der Waals surface area contributed by atoms with Crippen LogP contribution >= 0.6 is 11.6 Å². The largest absolute Gasteiger partial charge is 0.397 e. The average Bonchev–Trinajstić information content (AvgIpc) is 2.60. The normalized spacial score (nSPS) is 17.1. The molecule has 1 heterocycles. The van der Waals surface area contributed by atoms with Crippen LogP contribution in [0.25, 0.3) is 0 Å². The number of rotatable bonds is 2. The third-order valence-electron chi connectivity index (χ3n) is 2.66. The Morgan fingerprint density at radius 2 is 2.00 bits per heavy atom. The van der Waals surface area contributed by atoms with Gasteiger partial charge in [0.15, 0.2) is 0 Å². The second-order valence-corrected chi connectivity index (χ2v) is 5.31. The average molecular weight is 286 g/mol. The maximum absolute atomic E-state index is 11.9. The lowest BCUT2D eigenvalue weighted by Gasteiger charge is -2.16. The third kappa shape index (κ3) is 4.20. The molecule has 1 N–H and O–H groups in total. The molecule has 0 bridgehead atoms. The van der Waals surface area contributed by atoms with Crippen molar-refractivity contribution in [2.45, 2.75) is 27.3 Å². The van der Waals surface area contributed by atoms with E-state index < -0.39 is 5.41 Å². The summed E-state index contributed by atoms with van der Waals surface area (Å²) in [5.74, 6) is 0.00687. The van der Waals surface area contributed by atoms with Crippen molar-refractivity contribution in [2.24, 2.45) is 5.41 Å². The summed E-state index contributed by atoms with van der Waals surface area (Å²) in [6.45, 7) is 6.52. The number of benzene rings is 1. The van der Waals surface area contributed by atoms with Crippen LogP contribution in [0.15, 0.2) is 24.3 Å². The quantitative estimate of drug-likeness (QED) is 0.909. The molecule has 0 atom stereocenters. The molecule has 5 heteroatoms. The summed E-state index contributed by atoms with van der Waals surface area (Å²) < 4.78 is 0. The lowest BCUT2D eigenvalue weighted by atomic mass is 9.95. The van der Waals surface area contributed by atoms with E-state index in [1.54, 1.807) is 6.92 Å². The van der Waals surface area contributed by atoms with Gasteiger partial charge in [-0.15, -0.1) is 0 Å². The van der Waals surface area contributed by atoms with Gasteiger partial charge in [-0.25, -0.2) is 5.06 Å². The van der Waals surface area contributed by atoms with Crippen LogP contribution in [0.4, 0.5) is 0 Å². The van der Waals surface area contributed by atoms with Crippen molar-refractivity contribution in [1.29, 1.82) is 0 Å². The molecule has 1 aromatic rings. The highest BCUT2D eigenvalue weighted by atomic mass is 35.5. The van der Waals surface area contributed by atoms with Crippen LogP contribution < -0.4 is 0 Å². The summed E-state index contributed by atoms with van der Waals surface area (Å²) in [5, 5.41) is 9.62. The van der Waals surface area contributed by atoms with Gasteiger partial charge in [0.2, 0.25) is 0 Å². The van der Waals surface area contributed by atoms with Crippen LogP contribution in [0.5, 0.6) is 0 Å². The number of hydroxylamine groups is 2. The predicted molar refractivity (Wildman–Crippen MR) is 74.5 cm³/mol. The number of halogens is 1. The molecular weight excluding hydrogens is 266 g/mol. The number of amides is 1. The van der Waals surface area contributed by atoms with Gasteiger partial charge in [-0.05, 0) is 32.4 Å². The van der Waals surface area contributed by atoms with Gasteiger partial charge < -0.3 is 5.11 Å². The molecule has 0 spiro atoms. The lowest BCUT2D eigenvalue weighted by molar-refractivity contribution is -0.165. The van der Waals surface area contributed by atoms with E-state index in [9.17, 15) is 4.79 Å². The van der Waals surface area contributed by atoms with Crippen LogP contribution in [0.2, 0.25) is 5.02 Å². The van der Waals surface area contributed by atoms with Crippen molar-refractivity contribution in [3.63, 3.8) is 0 Å². The van der Waals surface area contributed by atoms with Crippen LogP contribution in [0.1, 0.15) is 26.3 Å². The van der Waals surface area contributed by atoms with E-state index in [0.717, 1.165) is 5.56 Å². The number of aliphatic hydroxyl groups is 1. The molecule has 1 fully saturated rings. The fourth-order valence-electron chi connectivity index (χ4n) is 1.60. The molecule has 1 amide bonds. The number of carbonyl (C=O) groups is 1. The molecular formula is C14H20ClNO3. The summed E-state index contributed by atoms with van der Waals surface area (Å²) in [6, 6.07) is 7.46. The maximum atomic E-state index is 11.9. The molecule has 4 nitrogen and oxygen atoms in total. The molecule has 106 valence electrons. The topological polar surface area (TPSA) is 49.8 Å². The molecule has 0 unspecified atom stereocenters. The second-order valence-electron chi connectivity index (χ2n) is 4.91. The standard InChI is InChI=1S/C12H14ClNO2.C2H6O/c1-12(2)8-16-14(11(12)15)7-9-5-3-4-6-10(9)13;1-2-3/h3-6H,7-8H2,1-2H3;3H,2H2,1H3. The van der Waals surface area contributed by atoms with Crippen molar-refractivity contribution in [3.05, 3.63) is 34.9 Å². The van der Waals surface area contributed by atoms with E-state index in [4.69, 9.17) is 21.5 Å². The third-order valence-corrected chi connectivity index (χ3v) is 3.03. The minimum atomic E-state index is -0.429. The predicted octanol–water partition coefficient (Wildman–Crippen LogP) is 2.64. The van der Waals surface area contributed by atoms with Gasteiger partial charge in [0.1, 0.15) is 0 Å². The fraction of sp³-hybridized carbons (Fsp3) is 0.500. The van der Waals surface area contributed by atoms with Crippen LogP contribution in [0, 0.1) is 5.41 Å². The zero-order valence-electron chi connectivity index (χ0n) is 11.5. The Morgan fingerprint density at radius 1 is 1.42 bits per heavy atom. The molecule has 1 aliphatic heterocycles. The van der Waals surface area contributed by atoms with E-state index in [1.807, 2.05) is 38.1 Å². The Labute approximate surface area is 118 Å². The molecule has 0 saturated carbocycles. The second kappa shape index (κ2) is 6.89. The Hall–Kier alpha value is -1.10. The molecule has 19 heavy (non-hydrogen) atoms. The number of hydrogen-bond acceptors (Lipinski definition) is 3. The minimum absolute atomic E-state index is 0.00687. The van der Waals surface area contributed by atoms with Crippen molar-refractivity contribution < 1.29 is 14.7 Å². The molecule has 0 aromatic heterocycles. The van der Waals surface area contributed by atoms with Crippen LogP contribution in [0.3, 0.4) is 0 Å². The first-order chi connectivity index (χ1) is 8.92. The van der Waals surface area contributed by atoms with E-state index in [-0.39, 0.29) is 12.5 Å². The highest BCUT2D eigenvalue weighted by Crippen LogP contribution is 2.29. The van der Waals surface area contributed by atoms with Gasteiger partial charge in [0, 0.05) is 11.6 Å². The molecule has 1 aliphatic rings. The SMILES string of the molecule is CC1(C)CON(Cc2ccccc2Cl)C1=O.CCO. The van der Waals surface area contributed by atoms with Gasteiger partial charge in [-0.1, -0.05) is 29.8 Å². The zero-order valence-corrected chi connectivity index (χ0v) is 12.3. The number of nitrogens with zero attached hydrogens (tertiary/aromatic N) is 1. The van der Waals surface area contributed by atoms with E-state index >= 15 is 0 Å². The monoisotopic (exact) mass is 285 g/mol. The van der Waals surface area contributed by atoms with Gasteiger partial charge >= 0.3 is 0 Å². The summed E-state index contributed by atoms with van der Waals surface area (Å²) in [4.78, 5) is 17.3. The van der Waals surface area contributed by atoms with E-state index in [2.05, 4.69) is 0 Å². The van der Waals surface area contributed by atoms with Crippen molar-refractivity contribution >= 4 is 17.5 Å². The Kier molecular flexibility index (Phi) is 5.79. The number of hydrogen-bond donors (Lipinski definition) is 1. The highest BCUT2D eigenvalue weighted by Gasteiger charge is 2.40. The number of aliphatic hydroxyl groups excluding tert-OH is 1. The van der Waals surface area contributed by atoms with Crippen molar-refractivity contribution in [2.75, 3.05) is 13.2 Å². The Morgan fingerprint density at radius 3 is 2.47 bits per heavy atom. The smallest absolute Gasteiger partial charge is 0.254 e. The number of carbonyl (C=O) groups excluding carboxylic acids is 1. The van der Waals surface area contributed by atoms with Crippen molar-refractivity contribution in [1.82, 2.24) is 5.06 Å². The zero-order chi connectivity index (χ0) is 14.5. The molecule has 1 saturated heterocycles. The lowest BCUT2D eigenvalue weighted by Crippen LogP contribution is -2.30. The molecule has 0 radical (unpaired) electrons. The first-order valence-electron chi connectivity index (χ1n) is 6.21.